The van der Waals surface area contributed by atoms with Gasteiger partial charge in [-0.05, 0) is 18.6 Å². The van der Waals surface area contributed by atoms with Crippen LogP contribution in [0.15, 0.2) is 12.1 Å². The van der Waals surface area contributed by atoms with Crippen LogP contribution in [-0.4, -0.2) is 18.2 Å². The summed E-state index contributed by atoms with van der Waals surface area (Å²) in [5, 5.41) is 8.67. The van der Waals surface area contributed by atoms with E-state index in [9.17, 15) is 9.18 Å². The molecule has 0 saturated carbocycles. The maximum atomic E-state index is 13.3. The summed E-state index contributed by atoms with van der Waals surface area (Å²) < 4.78 is 18.2. The molecule has 0 bridgehead atoms. The third-order valence-electron chi connectivity index (χ3n) is 1.97. The van der Waals surface area contributed by atoms with Crippen molar-refractivity contribution in [3.8, 4) is 5.75 Å². The Labute approximate surface area is 81.1 Å². The smallest absolute Gasteiger partial charge is 0.335 e. The number of aromatic carboxylic acids is 1. The molecule has 0 fully saturated rings. The van der Waals surface area contributed by atoms with Gasteiger partial charge in [0.1, 0.15) is 11.6 Å². The van der Waals surface area contributed by atoms with Crippen LogP contribution in [0.4, 0.5) is 4.39 Å². The van der Waals surface area contributed by atoms with Crippen molar-refractivity contribution in [2.45, 2.75) is 13.3 Å². The van der Waals surface area contributed by atoms with Gasteiger partial charge in [-0.1, -0.05) is 6.92 Å². The average molecular weight is 198 g/mol. The topological polar surface area (TPSA) is 46.5 Å². The summed E-state index contributed by atoms with van der Waals surface area (Å²) in [6.45, 7) is 1.78. The summed E-state index contributed by atoms with van der Waals surface area (Å²) in [7, 11) is 1.39. The molecule has 0 atom stereocenters. The highest BCUT2D eigenvalue weighted by atomic mass is 19.1. The predicted molar refractivity (Wildman–Crippen MR) is 49.3 cm³/mol. The summed E-state index contributed by atoms with van der Waals surface area (Å²) in [4.78, 5) is 10.6. The molecule has 3 nitrogen and oxygen atoms in total. The number of ether oxygens (including phenoxy) is 1. The maximum Gasteiger partial charge on any atom is 0.335 e. The first-order valence-corrected chi connectivity index (χ1v) is 4.19. The zero-order valence-corrected chi connectivity index (χ0v) is 8.00. The number of carbonyl (C=O) groups is 1. The Hall–Kier alpha value is -1.58. The molecule has 0 aliphatic carbocycles. The van der Waals surface area contributed by atoms with Crippen LogP contribution in [-0.2, 0) is 6.42 Å². The lowest BCUT2D eigenvalue weighted by molar-refractivity contribution is 0.0696. The zero-order chi connectivity index (χ0) is 10.7. The average Bonchev–Trinajstić information content (AvgIpc) is 2.16. The number of hydrogen-bond acceptors (Lipinski definition) is 2. The highest BCUT2D eigenvalue weighted by molar-refractivity contribution is 5.88. The molecule has 14 heavy (non-hydrogen) atoms. The van der Waals surface area contributed by atoms with Crippen LogP contribution in [0.1, 0.15) is 22.8 Å². The molecule has 0 aliphatic rings. The molecule has 4 heteroatoms. The summed E-state index contributed by atoms with van der Waals surface area (Å²) in [5.41, 5.74) is 0.300. The number of halogens is 1. The molecule has 1 rings (SSSR count). The molecule has 0 aliphatic heterocycles. The van der Waals surface area contributed by atoms with Crippen molar-refractivity contribution >= 4 is 5.97 Å². The summed E-state index contributed by atoms with van der Waals surface area (Å²) in [6.07, 6.45) is 0.467. The number of carboxylic acids is 1. The normalized spacial score (nSPS) is 9.93. The second kappa shape index (κ2) is 4.09. The first kappa shape index (κ1) is 10.5. The Morgan fingerprint density at radius 3 is 2.64 bits per heavy atom. The van der Waals surface area contributed by atoms with Crippen LogP contribution < -0.4 is 4.74 Å². The van der Waals surface area contributed by atoms with Gasteiger partial charge in [0.25, 0.3) is 0 Å². The quantitative estimate of drug-likeness (QED) is 0.808. The molecular weight excluding hydrogens is 187 g/mol. The van der Waals surface area contributed by atoms with Gasteiger partial charge >= 0.3 is 5.97 Å². The van der Waals surface area contributed by atoms with Crippen LogP contribution in [0.5, 0.6) is 5.75 Å². The molecular formula is C10H11FO3. The van der Waals surface area contributed by atoms with Crippen molar-refractivity contribution in [1.82, 2.24) is 0 Å². The van der Waals surface area contributed by atoms with E-state index in [1.165, 1.54) is 13.2 Å². The maximum absolute atomic E-state index is 13.3. The second-order valence-electron chi connectivity index (χ2n) is 2.80. The minimum Gasteiger partial charge on any atom is -0.496 e. The number of methoxy groups -OCH3 is 1. The fourth-order valence-corrected chi connectivity index (χ4v) is 1.26. The van der Waals surface area contributed by atoms with Crippen molar-refractivity contribution in [2.24, 2.45) is 0 Å². The number of carboxylic acid groups (broad SMARTS) is 1. The molecule has 0 amide bonds. The van der Waals surface area contributed by atoms with E-state index >= 15 is 0 Å². The highest BCUT2D eigenvalue weighted by Crippen LogP contribution is 2.24. The Morgan fingerprint density at radius 2 is 2.21 bits per heavy atom. The third-order valence-corrected chi connectivity index (χ3v) is 1.97. The Morgan fingerprint density at radius 1 is 1.57 bits per heavy atom. The monoisotopic (exact) mass is 198 g/mol. The first-order chi connectivity index (χ1) is 6.60. The van der Waals surface area contributed by atoms with E-state index in [4.69, 9.17) is 9.84 Å². The van der Waals surface area contributed by atoms with Crippen LogP contribution >= 0.6 is 0 Å². The first-order valence-electron chi connectivity index (χ1n) is 4.19. The Kier molecular flexibility index (Phi) is 3.06. The zero-order valence-electron chi connectivity index (χ0n) is 8.00. The molecule has 76 valence electrons. The van der Waals surface area contributed by atoms with Gasteiger partial charge in [-0.15, -0.1) is 0 Å². The van der Waals surface area contributed by atoms with Gasteiger partial charge in [0.05, 0.1) is 12.7 Å². The van der Waals surface area contributed by atoms with Crippen LogP contribution in [0, 0.1) is 5.82 Å². The minimum absolute atomic E-state index is 0.100. The van der Waals surface area contributed by atoms with Crippen LogP contribution in [0.25, 0.3) is 0 Å². The van der Waals surface area contributed by atoms with Crippen LogP contribution in [0.2, 0.25) is 0 Å². The molecule has 0 unspecified atom stereocenters. The number of hydrogen-bond donors (Lipinski definition) is 1. The van der Waals surface area contributed by atoms with Crippen molar-refractivity contribution in [1.29, 1.82) is 0 Å². The van der Waals surface area contributed by atoms with E-state index in [1.54, 1.807) is 6.92 Å². The van der Waals surface area contributed by atoms with Crippen molar-refractivity contribution in [3.05, 3.63) is 29.1 Å². The van der Waals surface area contributed by atoms with E-state index in [0.717, 1.165) is 6.07 Å². The molecule has 1 aromatic rings. The SMILES string of the molecule is CCc1c(F)cc(C(=O)O)cc1OC. The number of benzene rings is 1. The predicted octanol–water partition coefficient (Wildman–Crippen LogP) is 2.09. The van der Waals surface area contributed by atoms with Gasteiger partial charge in [-0.3, -0.25) is 0 Å². The molecule has 0 radical (unpaired) electrons. The number of rotatable bonds is 3. The molecule has 1 N–H and O–H groups in total. The molecule has 0 aromatic heterocycles. The van der Waals surface area contributed by atoms with Crippen molar-refractivity contribution < 1.29 is 19.0 Å². The van der Waals surface area contributed by atoms with E-state index < -0.39 is 11.8 Å². The van der Waals surface area contributed by atoms with E-state index in [-0.39, 0.29) is 11.3 Å². The lowest BCUT2D eigenvalue weighted by atomic mass is 10.1. The van der Waals surface area contributed by atoms with Gasteiger partial charge < -0.3 is 9.84 Å². The largest absolute Gasteiger partial charge is 0.496 e. The fraction of sp³-hybridized carbons (Fsp3) is 0.300. The lowest BCUT2D eigenvalue weighted by Gasteiger charge is -2.08. The molecule has 0 saturated heterocycles. The van der Waals surface area contributed by atoms with Gasteiger partial charge in [0, 0.05) is 5.56 Å². The minimum atomic E-state index is -1.16. The van der Waals surface area contributed by atoms with E-state index in [1.807, 2.05) is 0 Å². The third kappa shape index (κ3) is 1.84. The molecule has 0 heterocycles. The summed E-state index contributed by atoms with van der Waals surface area (Å²) >= 11 is 0. The second-order valence-corrected chi connectivity index (χ2v) is 2.80. The Bertz CT molecular complexity index is 361. The summed E-state index contributed by atoms with van der Waals surface area (Å²) in [6, 6.07) is 2.33. The molecule has 1 aromatic carbocycles. The summed E-state index contributed by atoms with van der Waals surface area (Å²) in [5.74, 6) is -1.42. The standard InChI is InChI=1S/C10H11FO3/c1-3-7-8(11)4-6(10(12)13)5-9(7)14-2/h4-5H,3H2,1-2H3,(H,12,13). The van der Waals surface area contributed by atoms with Gasteiger partial charge in [0.2, 0.25) is 0 Å². The van der Waals surface area contributed by atoms with Crippen LogP contribution in [0.3, 0.4) is 0 Å². The Balaban J connectivity index is 3.31. The highest BCUT2D eigenvalue weighted by Gasteiger charge is 2.13. The van der Waals surface area contributed by atoms with Gasteiger partial charge in [-0.25, -0.2) is 9.18 Å². The van der Waals surface area contributed by atoms with E-state index in [0.29, 0.717) is 12.0 Å². The fourth-order valence-electron chi connectivity index (χ4n) is 1.26. The van der Waals surface area contributed by atoms with E-state index in [2.05, 4.69) is 0 Å². The van der Waals surface area contributed by atoms with Crippen molar-refractivity contribution in [2.75, 3.05) is 7.11 Å². The van der Waals surface area contributed by atoms with Gasteiger partial charge in [0.15, 0.2) is 0 Å². The lowest BCUT2D eigenvalue weighted by Crippen LogP contribution is -2.02. The van der Waals surface area contributed by atoms with Gasteiger partial charge in [-0.2, -0.15) is 0 Å². The molecule has 0 spiro atoms. The van der Waals surface area contributed by atoms with Crippen molar-refractivity contribution in [3.63, 3.8) is 0 Å².